The van der Waals surface area contributed by atoms with E-state index in [9.17, 15) is 21.6 Å². The van der Waals surface area contributed by atoms with Crippen molar-refractivity contribution < 1.29 is 21.6 Å². The summed E-state index contributed by atoms with van der Waals surface area (Å²) in [5.41, 5.74) is -0.909. The van der Waals surface area contributed by atoms with Gasteiger partial charge >= 0.3 is 6.18 Å². The molecule has 0 fully saturated rings. The van der Waals surface area contributed by atoms with Gasteiger partial charge in [-0.25, -0.2) is 13.1 Å². The molecule has 0 bridgehead atoms. The molecular formula is C10H10F3N5O2S. The summed E-state index contributed by atoms with van der Waals surface area (Å²) in [4.78, 5) is -0.247. The van der Waals surface area contributed by atoms with E-state index in [1.807, 2.05) is 0 Å². The third-order valence-electron chi connectivity index (χ3n) is 2.52. The van der Waals surface area contributed by atoms with Crippen LogP contribution in [0, 0.1) is 0 Å². The number of benzene rings is 1. The maximum absolute atomic E-state index is 12.4. The predicted octanol–water partition coefficient (Wildman–Crippen LogP) is 0.740. The quantitative estimate of drug-likeness (QED) is 0.846. The highest BCUT2D eigenvalue weighted by Gasteiger charge is 2.30. The molecule has 0 radical (unpaired) electrons. The van der Waals surface area contributed by atoms with Crippen molar-refractivity contribution in [1.82, 2.24) is 25.3 Å². The molecule has 0 saturated carbocycles. The smallest absolute Gasteiger partial charge is 0.211 e. The van der Waals surface area contributed by atoms with Gasteiger partial charge in [-0.3, -0.25) is 0 Å². The number of aromatic amines is 1. The zero-order valence-corrected chi connectivity index (χ0v) is 11.2. The molecule has 114 valence electrons. The van der Waals surface area contributed by atoms with E-state index in [2.05, 4.69) is 25.3 Å². The molecule has 0 aliphatic heterocycles. The molecule has 0 aliphatic carbocycles. The van der Waals surface area contributed by atoms with Crippen LogP contribution in [0.1, 0.15) is 11.4 Å². The number of hydrogen-bond donors (Lipinski definition) is 2. The Labute approximate surface area is 117 Å². The molecule has 11 heteroatoms. The summed E-state index contributed by atoms with van der Waals surface area (Å²) in [5, 5.41) is 12.8. The summed E-state index contributed by atoms with van der Waals surface area (Å²) >= 11 is 0. The van der Waals surface area contributed by atoms with E-state index in [1.54, 1.807) is 0 Å². The lowest BCUT2D eigenvalue weighted by molar-refractivity contribution is -0.137. The highest BCUT2D eigenvalue weighted by atomic mass is 32.2. The Morgan fingerprint density at radius 2 is 1.86 bits per heavy atom. The van der Waals surface area contributed by atoms with E-state index < -0.39 is 21.8 Å². The summed E-state index contributed by atoms with van der Waals surface area (Å²) < 4.78 is 63.1. The number of nitrogens with one attached hydrogen (secondary N) is 2. The lowest BCUT2D eigenvalue weighted by atomic mass is 10.2. The Morgan fingerprint density at radius 1 is 1.19 bits per heavy atom. The topological polar surface area (TPSA) is 101 Å². The van der Waals surface area contributed by atoms with Crippen LogP contribution in [0.5, 0.6) is 0 Å². The Morgan fingerprint density at radius 3 is 2.38 bits per heavy atom. The van der Waals surface area contributed by atoms with Gasteiger partial charge in [0.1, 0.15) is 0 Å². The van der Waals surface area contributed by atoms with Gasteiger partial charge in [0, 0.05) is 13.0 Å². The molecule has 2 rings (SSSR count). The van der Waals surface area contributed by atoms with Crippen molar-refractivity contribution in [3.05, 3.63) is 35.7 Å². The van der Waals surface area contributed by atoms with E-state index in [-0.39, 0.29) is 17.9 Å². The predicted molar refractivity (Wildman–Crippen MR) is 64.5 cm³/mol. The highest BCUT2D eigenvalue weighted by molar-refractivity contribution is 7.89. The third-order valence-corrected chi connectivity index (χ3v) is 4.00. The normalized spacial score (nSPS) is 12.5. The summed E-state index contributed by atoms with van der Waals surface area (Å²) in [6.45, 7) is 0.00287. The molecule has 0 saturated heterocycles. The zero-order chi connectivity index (χ0) is 15.5. The van der Waals surface area contributed by atoms with Crippen LogP contribution in [-0.2, 0) is 22.6 Å². The Balaban J connectivity index is 2.02. The fraction of sp³-hybridized carbons (Fsp3) is 0.300. The first-order chi connectivity index (χ1) is 9.79. The molecule has 2 aromatic rings. The van der Waals surface area contributed by atoms with E-state index in [0.717, 1.165) is 12.1 Å². The third kappa shape index (κ3) is 3.98. The summed E-state index contributed by atoms with van der Waals surface area (Å²) in [5.74, 6) is 0.324. The van der Waals surface area contributed by atoms with Gasteiger partial charge in [-0.1, -0.05) is 5.21 Å². The second-order valence-corrected chi connectivity index (χ2v) is 5.76. The van der Waals surface area contributed by atoms with Crippen molar-refractivity contribution in [3.8, 4) is 0 Å². The van der Waals surface area contributed by atoms with Crippen molar-refractivity contribution in [1.29, 1.82) is 0 Å². The lowest BCUT2D eigenvalue weighted by Gasteiger charge is -2.08. The first-order valence-electron chi connectivity index (χ1n) is 5.68. The molecule has 0 atom stereocenters. The van der Waals surface area contributed by atoms with Crippen LogP contribution in [0.4, 0.5) is 13.2 Å². The molecular weight excluding hydrogens is 311 g/mol. The number of aromatic nitrogens is 4. The fourth-order valence-electron chi connectivity index (χ4n) is 1.49. The molecule has 21 heavy (non-hydrogen) atoms. The number of hydrogen-bond acceptors (Lipinski definition) is 5. The molecule has 1 aromatic heterocycles. The second kappa shape index (κ2) is 5.77. The van der Waals surface area contributed by atoms with Crippen LogP contribution in [0.3, 0.4) is 0 Å². The van der Waals surface area contributed by atoms with Crippen LogP contribution in [-0.4, -0.2) is 35.6 Å². The Bertz CT molecular complexity index is 682. The summed E-state index contributed by atoms with van der Waals surface area (Å²) in [6.07, 6.45) is -4.30. The molecule has 0 unspecified atom stereocenters. The number of halogens is 3. The van der Waals surface area contributed by atoms with Gasteiger partial charge in [0.15, 0.2) is 5.82 Å². The fourth-order valence-corrected chi connectivity index (χ4v) is 2.52. The molecule has 0 spiro atoms. The van der Waals surface area contributed by atoms with Crippen LogP contribution >= 0.6 is 0 Å². The van der Waals surface area contributed by atoms with Gasteiger partial charge in [0.25, 0.3) is 0 Å². The minimum absolute atomic E-state index is 0.00287. The number of sulfonamides is 1. The van der Waals surface area contributed by atoms with Crippen LogP contribution in [0.2, 0.25) is 0 Å². The zero-order valence-electron chi connectivity index (χ0n) is 10.4. The number of tetrazole rings is 1. The SMILES string of the molecule is O=S(=O)(NCCc1nn[nH]n1)c1ccc(C(F)(F)F)cc1. The van der Waals surface area contributed by atoms with Gasteiger partial charge in [0.2, 0.25) is 10.0 Å². The van der Waals surface area contributed by atoms with Gasteiger partial charge < -0.3 is 0 Å². The first kappa shape index (κ1) is 15.4. The molecule has 1 heterocycles. The van der Waals surface area contributed by atoms with Gasteiger partial charge in [-0.2, -0.15) is 18.4 Å². The van der Waals surface area contributed by atoms with Gasteiger partial charge in [-0.15, -0.1) is 10.2 Å². The number of alkyl halides is 3. The van der Waals surface area contributed by atoms with Gasteiger partial charge in [0.05, 0.1) is 10.5 Å². The van der Waals surface area contributed by atoms with Crippen molar-refractivity contribution in [3.63, 3.8) is 0 Å². The molecule has 0 aliphatic rings. The lowest BCUT2D eigenvalue weighted by Crippen LogP contribution is -2.26. The van der Waals surface area contributed by atoms with E-state index in [0.29, 0.717) is 18.0 Å². The minimum Gasteiger partial charge on any atom is -0.211 e. The van der Waals surface area contributed by atoms with Crippen LogP contribution in [0.15, 0.2) is 29.2 Å². The average Bonchev–Trinajstić information content (AvgIpc) is 2.91. The number of nitrogens with zero attached hydrogens (tertiary/aromatic N) is 3. The van der Waals surface area contributed by atoms with Crippen LogP contribution < -0.4 is 4.72 Å². The molecule has 2 N–H and O–H groups in total. The molecule has 1 aromatic carbocycles. The van der Waals surface area contributed by atoms with Crippen molar-refractivity contribution in [2.45, 2.75) is 17.5 Å². The van der Waals surface area contributed by atoms with Crippen LogP contribution in [0.25, 0.3) is 0 Å². The van der Waals surface area contributed by atoms with Crippen molar-refractivity contribution in [2.75, 3.05) is 6.54 Å². The Hall–Kier alpha value is -2.01. The van der Waals surface area contributed by atoms with E-state index in [1.165, 1.54) is 0 Å². The van der Waals surface area contributed by atoms with E-state index >= 15 is 0 Å². The van der Waals surface area contributed by atoms with Crippen molar-refractivity contribution in [2.24, 2.45) is 0 Å². The molecule has 0 amide bonds. The second-order valence-electron chi connectivity index (χ2n) is 4.00. The average molecular weight is 321 g/mol. The largest absolute Gasteiger partial charge is 0.416 e. The monoisotopic (exact) mass is 321 g/mol. The minimum atomic E-state index is -4.51. The standard InChI is InChI=1S/C10H10F3N5O2S/c11-10(12,13)7-1-3-8(4-2-7)21(19,20)14-6-5-9-15-17-18-16-9/h1-4,14H,5-6H2,(H,15,16,17,18). The molecule has 7 nitrogen and oxygen atoms in total. The first-order valence-corrected chi connectivity index (χ1v) is 7.16. The number of rotatable bonds is 5. The van der Waals surface area contributed by atoms with Gasteiger partial charge in [-0.05, 0) is 24.3 Å². The summed E-state index contributed by atoms with van der Waals surface area (Å²) in [6, 6.07) is 3.24. The maximum Gasteiger partial charge on any atom is 0.416 e. The maximum atomic E-state index is 12.4. The van der Waals surface area contributed by atoms with E-state index in [4.69, 9.17) is 0 Å². The van der Waals surface area contributed by atoms with Crippen molar-refractivity contribution >= 4 is 10.0 Å². The number of H-pyrrole nitrogens is 1. The highest BCUT2D eigenvalue weighted by Crippen LogP contribution is 2.29. The Kier molecular flexibility index (Phi) is 4.23. The summed E-state index contributed by atoms with van der Waals surface area (Å²) in [7, 11) is -3.88.